The molecule has 25 heavy (non-hydrogen) atoms. The molecule has 0 bridgehead atoms. The first kappa shape index (κ1) is 15.7. The van der Waals surface area contributed by atoms with Gasteiger partial charge < -0.3 is 13.9 Å². The highest BCUT2D eigenvalue weighted by atomic mass is 19.1. The molecule has 1 aliphatic heterocycles. The fourth-order valence-electron chi connectivity index (χ4n) is 2.98. The maximum Gasteiger partial charge on any atom is 0.235 e. The molecule has 4 rings (SSSR count). The molecule has 0 amide bonds. The molecule has 1 aliphatic rings. The number of para-hydroxylation sites is 1. The Morgan fingerprint density at radius 3 is 2.60 bits per heavy atom. The first-order chi connectivity index (χ1) is 12.2. The van der Waals surface area contributed by atoms with Crippen molar-refractivity contribution >= 4 is 11.0 Å². The van der Waals surface area contributed by atoms with E-state index in [0.29, 0.717) is 35.9 Å². The van der Waals surface area contributed by atoms with Crippen LogP contribution in [-0.4, -0.2) is 13.2 Å². The Labute approximate surface area is 143 Å². The maximum absolute atomic E-state index is 13.6. The summed E-state index contributed by atoms with van der Waals surface area (Å²) in [6.45, 7) is 0.996. The predicted molar refractivity (Wildman–Crippen MR) is 92.7 cm³/mol. The molecule has 1 aromatic heterocycles. The van der Waals surface area contributed by atoms with Crippen LogP contribution in [0.5, 0.6) is 11.5 Å². The molecule has 0 aliphatic carbocycles. The van der Waals surface area contributed by atoms with Crippen molar-refractivity contribution in [1.82, 2.24) is 0 Å². The van der Waals surface area contributed by atoms with Crippen LogP contribution in [0.25, 0.3) is 22.3 Å². The molecular weight excluding hydrogens is 323 g/mol. The minimum absolute atomic E-state index is 0.107. The largest absolute Gasteiger partial charge is 0.493 e. The van der Waals surface area contributed by atoms with E-state index in [1.807, 2.05) is 24.3 Å². The minimum Gasteiger partial charge on any atom is -0.493 e. The first-order valence-corrected chi connectivity index (χ1v) is 8.35. The lowest BCUT2D eigenvalue weighted by Crippen LogP contribution is -2.11. The smallest absolute Gasteiger partial charge is 0.235 e. The number of hydrogen-bond donors (Lipinski definition) is 0. The number of ether oxygens (including phenoxy) is 2. The Morgan fingerprint density at radius 2 is 1.72 bits per heavy atom. The van der Waals surface area contributed by atoms with Gasteiger partial charge in [0.15, 0.2) is 5.76 Å². The zero-order valence-corrected chi connectivity index (χ0v) is 13.6. The monoisotopic (exact) mass is 340 g/mol. The summed E-state index contributed by atoms with van der Waals surface area (Å²) in [7, 11) is 0. The quantitative estimate of drug-likeness (QED) is 0.603. The fraction of sp³-hybridized carbons (Fsp3) is 0.250. The van der Waals surface area contributed by atoms with Crippen molar-refractivity contribution < 1.29 is 18.3 Å². The molecule has 4 nitrogen and oxygen atoms in total. The van der Waals surface area contributed by atoms with Gasteiger partial charge >= 0.3 is 0 Å². The zero-order valence-electron chi connectivity index (χ0n) is 13.6. The second-order valence-corrected chi connectivity index (χ2v) is 5.98. The van der Waals surface area contributed by atoms with Crippen LogP contribution in [0.2, 0.25) is 0 Å². The summed E-state index contributed by atoms with van der Waals surface area (Å²) in [4.78, 5) is 12.9. The summed E-state index contributed by atoms with van der Waals surface area (Å²) in [6.07, 6.45) is 2.65. The number of rotatable bonds is 0. The van der Waals surface area contributed by atoms with Crippen LogP contribution >= 0.6 is 0 Å². The maximum atomic E-state index is 13.6. The molecule has 0 saturated carbocycles. The Bertz CT molecular complexity index is 977. The molecule has 2 aromatic carbocycles. The van der Waals surface area contributed by atoms with Crippen LogP contribution in [0.15, 0.2) is 51.7 Å². The average molecular weight is 340 g/mol. The van der Waals surface area contributed by atoms with Crippen LogP contribution in [0, 0.1) is 5.82 Å². The summed E-state index contributed by atoms with van der Waals surface area (Å²) in [5, 5.41) is 0.173. The lowest BCUT2D eigenvalue weighted by molar-refractivity contribution is 0.281. The van der Waals surface area contributed by atoms with Crippen LogP contribution in [-0.2, 0) is 0 Å². The van der Waals surface area contributed by atoms with Gasteiger partial charge in [-0.05, 0) is 49.6 Å². The van der Waals surface area contributed by atoms with Gasteiger partial charge in [-0.3, -0.25) is 4.79 Å². The van der Waals surface area contributed by atoms with Crippen LogP contribution in [0.1, 0.15) is 19.3 Å². The molecule has 0 spiro atoms. The highest BCUT2D eigenvalue weighted by molar-refractivity contribution is 5.83. The summed E-state index contributed by atoms with van der Waals surface area (Å²) in [5.74, 6) is 0.580. The molecule has 2 heterocycles. The normalized spacial score (nSPS) is 14.6. The molecule has 0 N–H and O–H groups in total. The summed E-state index contributed by atoms with van der Waals surface area (Å²) in [6, 6.07) is 11.3. The van der Waals surface area contributed by atoms with E-state index < -0.39 is 5.82 Å². The van der Waals surface area contributed by atoms with Gasteiger partial charge in [-0.1, -0.05) is 12.1 Å². The van der Waals surface area contributed by atoms with E-state index in [2.05, 4.69) is 0 Å². The van der Waals surface area contributed by atoms with Gasteiger partial charge in [-0.15, -0.1) is 0 Å². The molecular formula is C20H17FO4. The fourth-order valence-corrected chi connectivity index (χ4v) is 2.98. The van der Waals surface area contributed by atoms with Crippen molar-refractivity contribution in [3.05, 3.63) is 58.5 Å². The molecule has 3 aromatic rings. The van der Waals surface area contributed by atoms with Gasteiger partial charge in [0.1, 0.15) is 17.1 Å². The highest BCUT2D eigenvalue weighted by Crippen LogP contribution is 2.37. The van der Waals surface area contributed by atoms with Crippen molar-refractivity contribution in [2.45, 2.75) is 19.3 Å². The Morgan fingerprint density at radius 1 is 0.920 bits per heavy atom. The van der Waals surface area contributed by atoms with Crippen molar-refractivity contribution in [2.75, 3.05) is 13.2 Å². The lowest BCUT2D eigenvalue weighted by Gasteiger charge is -2.13. The van der Waals surface area contributed by atoms with Crippen molar-refractivity contribution in [3.8, 4) is 22.8 Å². The third-order valence-electron chi connectivity index (χ3n) is 4.24. The second-order valence-electron chi connectivity index (χ2n) is 5.98. The predicted octanol–water partition coefficient (Wildman–Crippen LogP) is 4.54. The average Bonchev–Trinajstić information content (AvgIpc) is 2.66. The van der Waals surface area contributed by atoms with E-state index in [9.17, 15) is 9.18 Å². The van der Waals surface area contributed by atoms with Crippen LogP contribution in [0.3, 0.4) is 0 Å². The number of halogens is 1. The topological polar surface area (TPSA) is 48.7 Å². The van der Waals surface area contributed by atoms with Crippen LogP contribution in [0.4, 0.5) is 4.39 Å². The standard InChI is InChI=1S/C20H17FO4/c21-13-8-9-17-15(12-13)18(22)20-19(25-17)14-6-2-3-7-16(14)23-10-4-1-5-11-24-20/h2-3,6-9,12H,1,4-5,10-11H2. The third-order valence-corrected chi connectivity index (χ3v) is 4.24. The van der Waals surface area contributed by atoms with Crippen molar-refractivity contribution in [3.63, 3.8) is 0 Å². The van der Waals surface area contributed by atoms with Gasteiger partial charge in [0.2, 0.25) is 11.2 Å². The molecule has 5 heteroatoms. The number of hydrogen-bond acceptors (Lipinski definition) is 4. The molecule has 0 radical (unpaired) electrons. The lowest BCUT2D eigenvalue weighted by atomic mass is 10.1. The zero-order chi connectivity index (χ0) is 17.2. The number of fused-ring (bicyclic) bond motifs is 4. The van der Waals surface area contributed by atoms with Gasteiger partial charge in [0.25, 0.3) is 0 Å². The summed E-state index contributed by atoms with van der Waals surface area (Å²) < 4.78 is 31.2. The molecule has 0 saturated heterocycles. The highest BCUT2D eigenvalue weighted by Gasteiger charge is 2.21. The Kier molecular flexibility index (Phi) is 4.14. The van der Waals surface area contributed by atoms with E-state index in [0.717, 1.165) is 19.3 Å². The van der Waals surface area contributed by atoms with E-state index in [4.69, 9.17) is 13.9 Å². The van der Waals surface area contributed by atoms with Crippen molar-refractivity contribution in [2.24, 2.45) is 0 Å². The molecule has 0 atom stereocenters. The van der Waals surface area contributed by atoms with Crippen LogP contribution < -0.4 is 14.9 Å². The SMILES string of the molecule is O=c1c2c(oc3ccc(F)cc13)-c1ccccc1OCCCCCO2. The molecule has 0 unspecified atom stereocenters. The first-order valence-electron chi connectivity index (χ1n) is 8.35. The van der Waals surface area contributed by atoms with Gasteiger partial charge in [0.05, 0.1) is 24.2 Å². The van der Waals surface area contributed by atoms with Gasteiger partial charge in [0, 0.05) is 0 Å². The molecule has 128 valence electrons. The Balaban J connectivity index is 2.00. The summed E-state index contributed by atoms with van der Waals surface area (Å²) >= 11 is 0. The second kappa shape index (κ2) is 6.59. The van der Waals surface area contributed by atoms with E-state index in [1.165, 1.54) is 18.2 Å². The van der Waals surface area contributed by atoms with E-state index in [1.54, 1.807) is 0 Å². The van der Waals surface area contributed by atoms with Crippen molar-refractivity contribution in [1.29, 1.82) is 0 Å². The minimum atomic E-state index is -0.486. The van der Waals surface area contributed by atoms with Gasteiger partial charge in [-0.2, -0.15) is 0 Å². The third kappa shape index (κ3) is 2.97. The Hall–Kier alpha value is -2.82. The van der Waals surface area contributed by atoms with Gasteiger partial charge in [-0.25, -0.2) is 4.39 Å². The van der Waals surface area contributed by atoms with E-state index >= 15 is 0 Å². The number of benzene rings is 2. The van der Waals surface area contributed by atoms with E-state index in [-0.39, 0.29) is 16.6 Å². The molecule has 0 fully saturated rings. The summed E-state index contributed by atoms with van der Waals surface area (Å²) in [5.41, 5.74) is 0.603.